The summed E-state index contributed by atoms with van der Waals surface area (Å²) in [5, 5.41) is 0. The van der Waals surface area contributed by atoms with Crippen molar-refractivity contribution in [3.8, 4) is 0 Å². The minimum atomic E-state index is -1.14. The van der Waals surface area contributed by atoms with Crippen molar-refractivity contribution in [2.75, 3.05) is 0 Å². The Balaban J connectivity index is 2.06. The first-order valence-electron chi connectivity index (χ1n) is 4.77. The first kappa shape index (κ1) is 9.59. The third-order valence-electron chi connectivity index (χ3n) is 2.69. The molecule has 2 N–H and O–H groups in total. The van der Waals surface area contributed by atoms with Gasteiger partial charge in [-0.2, -0.15) is 0 Å². The molecule has 14 heavy (non-hydrogen) atoms. The van der Waals surface area contributed by atoms with Crippen LogP contribution < -0.4 is 5.73 Å². The van der Waals surface area contributed by atoms with Crippen LogP contribution in [0.2, 0.25) is 0 Å². The van der Waals surface area contributed by atoms with Crippen LogP contribution in [0.15, 0.2) is 24.3 Å². The van der Waals surface area contributed by atoms with Gasteiger partial charge in [0.05, 0.1) is 0 Å². The first-order chi connectivity index (χ1) is 6.59. The number of halogens is 2. The zero-order valence-electron chi connectivity index (χ0n) is 7.84. The third kappa shape index (κ3) is 2.10. The van der Waals surface area contributed by atoms with E-state index in [0.29, 0.717) is 12.0 Å². The summed E-state index contributed by atoms with van der Waals surface area (Å²) >= 11 is 0. The van der Waals surface area contributed by atoms with Gasteiger partial charge in [0.2, 0.25) is 0 Å². The number of benzene rings is 1. The molecule has 0 aliphatic heterocycles. The Hall–Kier alpha value is -0.960. The van der Waals surface area contributed by atoms with Crippen LogP contribution in [-0.2, 0) is 0 Å². The lowest BCUT2D eigenvalue weighted by molar-refractivity contribution is 0.295. The molecular weight excluding hydrogens is 184 g/mol. The van der Waals surface area contributed by atoms with E-state index in [1.54, 1.807) is 6.07 Å². The predicted molar refractivity (Wildman–Crippen MR) is 51.0 cm³/mol. The highest BCUT2D eigenvalue weighted by Crippen LogP contribution is 2.41. The van der Waals surface area contributed by atoms with E-state index in [0.717, 1.165) is 12.8 Å². The summed E-state index contributed by atoms with van der Waals surface area (Å²) in [7, 11) is 0. The second-order valence-electron chi connectivity index (χ2n) is 4.09. The van der Waals surface area contributed by atoms with Crippen molar-refractivity contribution in [2.45, 2.75) is 31.0 Å². The summed E-state index contributed by atoms with van der Waals surface area (Å²) in [4.78, 5) is 0. The zero-order chi connectivity index (χ0) is 10.2. The zero-order valence-corrected chi connectivity index (χ0v) is 7.84. The number of alkyl halides is 1. The molecule has 0 heterocycles. The van der Waals surface area contributed by atoms with Crippen molar-refractivity contribution in [2.24, 2.45) is 5.73 Å². The fraction of sp³-hybridized carbons (Fsp3) is 0.455. The maximum Gasteiger partial charge on any atom is 0.127 e. The number of hydrogen-bond acceptors (Lipinski definition) is 1. The van der Waals surface area contributed by atoms with Gasteiger partial charge in [-0.25, -0.2) is 8.78 Å². The molecule has 0 amide bonds. The minimum absolute atomic E-state index is 0.302. The predicted octanol–water partition coefficient (Wildman–Crippen LogP) is 2.72. The van der Waals surface area contributed by atoms with Crippen LogP contribution >= 0.6 is 0 Å². The molecule has 1 aromatic carbocycles. The Kier molecular flexibility index (Phi) is 2.27. The molecule has 1 aromatic rings. The summed E-state index contributed by atoms with van der Waals surface area (Å²) in [5.74, 6) is -0.396. The molecule has 3 heteroatoms. The SMILES string of the molecule is NC1(CC(F)c2cccc(F)c2)CC1. The molecule has 1 fully saturated rings. The van der Waals surface area contributed by atoms with Crippen LogP contribution in [0.3, 0.4) is 0 Å². The highest BCUT2D eigenvalue weighted by Gasteiger charge is 2.40. The van der Waals surface area contributed by atoms with E-state index in [1.165, 1.54) is 18.2 Å². The Morgan fingerprint density at radius 1 is 1.43 bits per heavy atom. The minimum Gasteiger partial charge on any atom is -0.325 e. The molecule has 2 rings (SSSR count). The molecular formula is C11H13F2N. The van der Waals surface area contributed by atoms with Crippen LogP contribution in [0, 0.1) is 5.82 Å². The van der Waals surface area contributed by atoms with E-state index in [2.05, 4.69) is 0 Å². The van der Waals surface area contributed by atoms with Gasteiger partial charge in [0, 0.05) is 12.0 Å². The monoisotopic (exact) mass is 197 g/mol. The maximum absolute atomic E-state index is 13.6. The average molecular weight is 197 g/mol. The van der Waals surface area contributed by atoms with Crippen LogP contribution in [0.25, 0.3) is 0 Å². The van der Waals surface area contributed by atoms with E-state index in [1.807, 2.05) is 0 Å². The molecule has 1 aliphatic rings. The second-order valence-corrected chi connectivity index (χ2v) is 4.09. The topological polar surface area (TPSA) is 26.0 Å². The van der Waals surface area contributed by atoms with Crippen molar-refractivity contribution in [1.29, 1.82) is 0 Å². The van der Waals surface area contributed by atoms with Crippen molar-refractivity contribution >= 4 is 0 Å². The van der Waals surface area contributed by atoms with Gasteiger partial charge in [0.1, 0.15) is 12.0 Å². The summed E-state index contributed by atoms with van der Waals surface area (Å²) in [5.41, 5.74) is 5.85. The molecule has 1 saturated carbocycles. The van der Waals surface area contributed by atoms with Crippen LogP contribution in [0.4, 0.5) is 8.78 Å². The van der Waals surface area contributed by atoms with Gasteiger partial charge < -0.3 is 5.73 Å². The Labute approximate surface area is 81.9 Å². The third-order valence-corrected chi connectivity index (χ3v) is 2.69. The van der Waals surface area contributed by atoms with Gasteiger partial charge in [0.25, 0.3) is 0 Å². The first-order valence-corrected chi connectivity index (χ1v) is 4.77. The van der Waals surface area contributed by atoms with E-state index in [-0.39, 0.29) is 5.54 Å². The molecule has 76 valence electrons. The van der Waals surface area contributed by atoms with Crippen molar-refractivity contribution in [1.82, 2.24) is 0 Å². The summed E-state index contributed by atoms with van der Waals surface area (Å²) in [6.45, 7) is 0. The van der Waals surface area contributed by atoms with E-state index in [9.17, 15) is 8.78 Å². The van der Waals surface area contributed by atoms with Crippen molar-refractivity contribution in [3.05, 3.63) is 35.6 Å². The largest absolute Gasteiger partial charge is 0.325 e. The van der Waals surface area contributed by atoms with Crippen LogP contribution in [0.1, 0.15) is 31.0 Å². The highest BCUT2D eigenvalue weighted by molar-refractivity contribution is 5.20. The smallest absolute Gasteiger partial charge is 0.127 e. The lowest BCUT2D eigenvalue weighted by Gasteiger charge is -2.13. The van der Waals surface area contributed by atoms with Gasteiger partial charge in [0.15, 0.2) is 0 Å². The normalized spacial score (nSPS) is 20.5. The Morgan fingerprint density at radius 2 is 2.14 bits per heavy atom. The van der Waals surface area contributed by atoms with Crippen molar-refractivity contribution < 1.29 is 8.78 Å². The quantitative estimate of drug-likeness (QED) is 0.792. The van der Waals surface area contributed by atoms with Crippen LogP contribution in [-0.4, -0.2) is 5.54 Å². The van der Waals surface area contributed by atoms with Gasteiger partial charge in [-0.3, -0.25) is 0 Å². The van der Waals surface area contributed by atoms with Crippen molar-refractivity contribution in [3.63, 3.8) is 0 Å². The summed E-state index contributed by atoms with van der Waals surface area (Å²) < 4.78 is 26.4. The lowest BCUT2D eigenvalue weighted by atomic mass is 10.0. The van der Waals surface area contributed by atoms with Gasteiger partial charge in [-0.05, 0) is 30.5 Å². The molecule has 1 unspecified atom stereocenters. The highest BCUT2D eigenvalue weighted by atomic mass is 19.1. The Bertz CT molecular complexity index is 334. The number of hydrogen-bond donors (Lipinski definition) is 1. The second kappa shape index (κ2) is 3.31. The molecule has 0 bridgehead atoms. The molecule has 0 saturated heterocycles. The van der Waals surface area contributed by atoms with Crippen LogP contribution in [0.5, 0.6) is 0 Å². The lowest BCUT2D eigenvalue weighted by Crippen LogP contribution is -2.23. The summed E-state index contributed by atoms with van der Waals surface area (Å²) in [6, 6.07) is 5.66. The molecule has 0 radical (unpaired) electrons. The van der Waals surface area contributed by atoms with Gasteiger partial charge in [-0.1, -0.05) is 12.1 Å². The molecule has 1 nitrogen and oxygen atoms in total. The van der Waals surface area contributed by atoms with Gasteiger partial charge in [-0.15, -0.1) is 0 Å². The molecule has 0 aromatic heterocycles. The molecule has 0 spiro atoms. The molecule has 1 aliphatic carbocycles. The molecule has 1 atom stereocenters. The van der Waals surface area contributed by atoms with E-state index >= 15 is 0 Å². The fourth-order valence-corrected chi connectivity index (χ4v) is 1.54. The summed E-state index contributed by atoms with van der Waals surface area (Å²) in [6.07, 6.45) is 0.917. The van der Waals surface area contributed by atoms with E-state index in [4.69, 9.17) is 5.73 Å². The Morgan fingerprint density at radius 3 is 2.71 bits per heavy atom. The standard InChI is InChI=1S/C11H13F2N/c12-9-3-1-2-8(6-9)10(13)7-11(14)4-5-11/h1-3,6,10H,4-5,7,14H2. The number of rotatable bonds is 3. The maximum atomic E-state index is 13.6. The fourth-order valence-electron chi connectivity index (χ4n) is 1.54. The number of nitrogens with two attached hydrogens (primary N) is 1. The van der Waals surface area contributed by atoms with Gasteiger partial charge >= 0.3 is 0 Å². The van der Waals surface area contributed by atoms with E-state index < -0.39 is 12.0 Å². The average Bonchev–Trinajstić information content (AvgIpc) is 2.83.